The van der Waals surface area contributed by atoms with Crippen molar-refractivity contribution in [3.05, 3.63) is 11.9 Å². The van der Waals surface area contributed by atoms with E-state index < -0.39 is 5.60 Å². The minimum Gasteiger partial charge on any atom is -0.493 e. The summed E-state index contributed by atoms with van der Waals surface area (Å²) in [6, 6.07) is 0. The SMILES string of the molecule is CCn1ncc(OC)c1C1(O)CCN(C)C1. The predicted octanol–water partition coefficient (Wildman–Crippen LogP) is 0.435. The lowest BCUT2D eigenvalue weighted by Crippen LogP contribution is -2.32. The number of aryl methyl sites for hydroxylation is 1. The first-order valence-corrected chi connectivity index (χ1v) is 5.62. The average Bonchev–Trinajstić information content (AvgIpc) is 2.82. The van der Waals surface area contributed by atoms with Crippen LogP contribution in [0.1, 0.15) is 19.0 Å². The highest BCUT2D eigenvalue weighted by Crippen LogP contribution is 2.36. The summed E-state index contributed by atoms with van der Waals surface area (Å²) in [4.78, 5) is 2.12. The summed E-state index contributed by atoms with van der Waals surface area (Å²) in [7, 11) is 3.62. The Labute approximate surface area is 95.6 Å². The van der Waals surface area contributed by atoms with Gasteiger partial charge >= 0.3 is 0 Å². The second-order valence-electron chi connectivity index (χ2n) is 4.40. The van der Waals surface area contributed by atoms with Crippen LogP contribution in [0.5, 0.6) is 5.75 Å². The number of hydrogen-bond donors (Lipinski definition) is 1. The van der Waals surface area contributed by atoms with Gasteiger partial charge in [0.25, 0.3) is 0 Å². The second-order valence-corrected chi connectivity index (χ2v) is 4.40. The van der Waals surface area contributed by atoms with Crippen LogP contribution in [0.15, 0.2) is 6.20 Å². The molecule has 5 nitrogen and oxygen atoms in total. The first kappa shape index (κ1) is 11.4. The fourth-order valence-electron chi connectivity index (χ4n) is 2.40. The Morgan fingerprint density at radius 2 is 2.38 bits per heavy atom. The smallest absolute Gasteiger partial charge is 0.162 e. The number of rotatable bonds is 3. The van der Waals surface area contributed by atoms with Crippen molar-refractivity contribution in [1.29, 1.82) is 0 Å². The van der Waals surface area contributed by atoms with E-state index in [1.54, 1.807) is 13.3 Å². The highest BCUT2D eigenvalue weighted by Gasteiger charge is 2.41. The molecule has 90 valence electrons. The molecule has 1 aromatic rings. The van der Waals surface area contributed by atoms with Crippen LogP contribution in [0, 0.1) is 0 Å². The first-order valence-electron chi connectivity index (χ1n) is 5.62. The van der Waals surface area contributed by atoms with E-state index in [1.807, 2.05) is 18.7 Å². The molecule has 2 rings (SSSR count). The standard InChI is InChI=1S/C11H19N3O2/c1-4-14-10(9(16-3)7-12-14)11(15)5-6-13(2)8-11/h7,15H,4-6,8H2,1-3H3. The maximum atomic E-state index is 10.7. The maximum Gasteiger partial charge on any atom is 0.162 e. The van der Waals surface area contributed by atoms with Crippen molar-refractivity contribution >= 4 is 0 Å². The van der Waals surface area contributed by atoms with Gasteiger partial charge in [-0.15, -0.1) is 0 Å². The van der Waals surface area contributed by atoms with Crippen LogP contribution >= 0.6 is 0 Å². The number of hydrogen-bond acceptors (Lipinski definition) is 4. The van der Waals surface area contributed by atoms with Crippen LogP contribution in [-0.2, 0) is 12.1 Å². The monoisotopic (exact) mass is 225 g/mol. The number of likely N-dealkylation sites (N-methyl/N-ethyl adjacent to an activating group) is 1. The maximum absolute atomic E-state index is 10.7. The molecule has 1 N–H and O–H groups in total. The zero-order chi connectivity index (χ0) is 11.8. The summed E-state index contributed by atoms with van der Waals surface area (Å²) in [5, 5.41) is 14.9. The molecule has 0 amide bonds. The summed E-state index contributed by atoms with van der Waals surface area (Å²) in [6.07, 6.45) is 2.40. The van der Waals surface area contributed by atoms with Gasteiger partial charge in [-0.2, -0.15) is 5.10 Å². The van der Waals surface area contributed by atoms with Crippen LogP contribution in [0.4, 0.5) is 0 Å². The van der Waals surface area contributed by atoms with Gasteiger partial charge in [-0.05, 0) is 20.4 Å². The summed E-state index contributed by atoms with van der Waals surface area (Å²) >= 11 is 0. The van der Waals surface area contributed by atoms with E-state index in [1.165, 1.54) is 0 Å². The van der Waals surface area contributed by atoms with E-state index in [0.29, 0.717) is 12.3 Å². The Morgan fingerprint density at radius 3 is 2.88 bits per heavy atom. The number of aromatic nitrogens is 2. The third-order valence-electron chi connectivity index (χ3n) is 3.20. The molecule has 0 spiro atoms. The van der Waals surface area contributed by atoms with Crippen LogP contribution in [-0.4, -0.2) is 47.0 Å². The zero-order valence-corrected chi connectivity index (χ0v) is 10.1. The summed E-state index contributed by atoms with van der Waals surface area (Å²) in [5.74, 6) is 0.680. The fourth-order valence-corrected chi connectivity index (χ4v) is 2.40. The molecule has 0 aromatic carbocycles. The molecule has 2 heterocycles. The zero-order valence-electron chi connectivity index (χ0n) is 10.1. The second kappa shape index (κ2) is 4.07. The lowest BCUT2D eigenvalue weighted by atomic mass is 9.98. The van der Waals surface area contributed by atoms with Crippen molar-refractivity contribution < 1.29 is 9.84 Å². The number of aliphatic hydroxyl groups is 1. The third kappa shape index (κ3) is 1.70. The number of methoxy groups -OCH3 is 1. The molecule has 1 unspecified atom stereocenters. The molecule has 0 aliphatic carbocycles. The Balaban J connectivity index is 2.41. The number of ether oxygens (including phenoxy) is 1. The molecule has 1 fully saturated rings. The van der Waals surface area contributed by atoms with E-state index in [-0.39, 0.29) is 0 Å². The van der Waals surface area contributed by atoms with Crippen molar-refractivity contribution in [2.24, 2.45) is 0 Å². The van der Waals surface area contributed by atoms with Crippen LogP contribution < -0.4 is 4.74 Å². The van der Waals surface area contributed by atoms with E-state index in [9.17, 15) is 5.11 Å². The van der Waals surface area contributed by atoms with Gasteiger partial charge < -0.3 is 14.7 Å². The van der Waals surface area contributed by atoms with Gasteiger partial charge in [-0.25, -0.2) is 0 Å². The van der Waals surface area contributed by atoms with Gasteiger partial charge in [0.15, 0.2) is 5.75 Å². The highest BCUT2D eigenvalue weighted by molar-refractivity contribution is 5.32. The van der Waals surface area contributed by atoms with Crippen LogP contribution in [0.25, 0.3) is 0 Å². The average molecular weight is 225 g/mol. The van der Waals surface area contributed by atoms with E-state index >= 15 is 0 Å². The summed E-state index contributed by atoms with van der Waals surface area (Å²) < 4.78 is 7.10. The Morgan fingerprint density at radius 1 is 1.62 bits per heavy atom. The molecule has 5 heteroatoms. The quantitative estimate of drug-likeness (QED) is 0.810. The minimum atomic E-state index is -0.827. The number of likely N-dealkylation sites (tertiary alicyclic amines) is 1. The van der Waals surface area contributed by atoms with Gasteiger partial charge in [-0.1, -0.05) is 0 Å². The van der Waals surface area contributed by atoms with Crippen molar-refractivity contribution in [3.8, 4) is 5.75 Å². The number of β-amino-alcohol motifs (C(OH)–C–C–N with tert-alkyl or cyclic N) is 1. The molecule has 0 bridgehead atoms. The first-order chi connectivity index (χ1) is 7.60. The Bertz CT molecular complexity index is 356. The Kier molecular flexibility index (Phi) is 2.90. The van der Waals surface area contributed by atoms with E-state index in [4.69, 9.17) is 4.74 Å². The van der Waals surface area contributed by atoms with E-state index in [2.05, 4.69) is 10.00 Å². The minimum absolute atomic E-state index is 0.634. The van der Waals surface area contributed by atoms with Crippen molar-refractivity contribution in [3.63, 3.8) is 0 Å². The molecule has 0 saturated carbocycles. The van der Waals surface area contributed by atoms with Crippen LogP contribution in [0.2, 0.25) is 0 Å². The van der Waals surface area contributed by atoms with Crippen molar-refractivity contribution in [2.75, 3.05) is 27.2 Å². The van der Waals surface area contributed by atoms with Gasteiger partial charge in [0.2, 0.25) is 0 Å². The molecule has 0 radical (unpaired) electrons. The topological polar surface area (TPSA) is 50.5 Å². The molecule has 1 aromatic heterocycles. The predicted molar refractivity (Wildman–Crippen MR) is 60.5 cm³/mol. The molecule has 1 saturated heterocycles. The van der Waals surface area contributed by atoms with Gasteiger partial charge in [-0.3, -0.25) is 4.68 Å². The van der Waals surface area contributed by atoms with Crippen LogP contribution in [0.3, 0.4) is 0 Å². The van der Waals surface area contributed by atoms with Gasteiger partial charge in [0.05, 0.1) is 13.3 Å². The van der Waals surface area contributed by atoms with Gasteiger partial charge in [0, 0.05) is 19.6 Å². The molecular weight excluding hydrogens is 206 g/mol. The molecule has 16 heavy (non-hydrogen) atoms. The van der Waals surface area contributed by atoms with Crippen molar-refractivity contribution in [1.82, 2.24) is 14.7 Å². The highest BCUT2D eigenvalue weighted by atomic mass is 16.5. The van der Waals surface area contributed by atoms with E-state index in [0.717, 1.165) is 25.2 Å². The fraction of sp³-hybridized carbons (Fsp3) is 0.727. The lowest BCUT2D eigenvalue weighted by Gasteiger charge is -2.24. The summed E-state index contributed by atoms with van der Waals surface area (Å²) in [5.41, 5.74) is -0.0195. The molecule has 1 aliphatic heterocycles. The summed E-state index contributed by atoms with van der Waals surface area (Å²) in [6.45, 7) is 4.28. The Hall–Kier alpha value is -1.07. The van der Waals surface area contributed by atoms with Gasteiger partial charge in [0.1, 0.15) is 11.3 Å². The lowest BCUT2D eigenvalue weighted by molar-refractivity contribution is 0.0372. The molecular formula is C11H19N3O2. The normalized spacial score (nSPS) is 26.2. The molecule has 1 atom stereocenters. The largest absolute Gasteiger partial charge is 0.493 e. The number of nitrogens with zero attached hydrogens (tertiary/aromatic N) is 3. The van der Waals surface area contributed by atoms with Crippen molar-refractivity contribution in [2.45, 2.75) is 25.5 Å². The third-order valence-corrected chi connectivity index (χ3v) is 3.20. The molecule has 1 aliphatic rings.